The number of hydrogen-bond donors (Lipinski definition) is 1. The summed E-state index contributed by atoms with van der Waals surface area (Å²) in [4.78, 5) is 21.3. The van der Waals surface area contributed by atoms with E-state index >= 15 is 0 Å². The van der Waals surface area contributed by atoms with Crippen LogP contribution in [0.2, 0.25) is 0 Å². The van der Waals surface area contributed by atoms with Gasteiger partial charge in [0.05, 0.1) is 13.2 Å². The zero-order valence-corrected chi connectivity index (χ0v) is 19.4. The van der Waals surface area contributed by atoms with Gasteiger partial charge in [0.25, 0.3) is 0 Å². The minimum absolute atomic E-state index is 0.579. The molecule has 33 heavy (non-hydrogen) atoms. The number of ether oxygens (including phenoxy) is 1. The summed E-state index contributed by atoms with van der Waals surface area (Å²) in [6.45, 7) is 10.8. The molecule has 0 aliphatic carbocycles. The van der Waals surface area contributed by atoms with Crippen molar-refractivity contribution in [3.05, 3.63) is 59.7 Å². The number of morpholine rings is 1. The van der Waals surface area contributed by atoms with E-state index in [0.29, 0.717) is 25.1 Å². The first-order chi connectivity index (χ1) is 16.2. The Kier molecular flexibility index (Phi) is 6.26. The van der Waals surface area contributed by atoms with Gasteiger partial charge in [0.1, 0.15) is 0 Å². The highest BCUT2D eigenvalue weighted by atomic mass is 16.5. The molecule has 0 spiro atoms. The number of benzene rings is 2. The van der Waals surface area contributed by atoms with Crippen molar-refractivity contribution in [2.45, 2.75) is 13.8 Å². The molecule has 1 N–H and O–H groups in total. The van der Waals surface area contributed by atoms with Crippen LogP contribution in [-0.2, 0) is 4.74 Å². The van der Waals surface area contributed by atoms with Gasteiger partial charge in [0.2, 0.25) is 17.8 Å². The highest BCUT2D eigenvalue weighted by Crippen LogP contribution is 2.24. The number of aryl methyl sites for hydroxylation is 2. The SMILES string of the molecule is Cc1ccc(Nc2nc(N3CCOCC3)nc(N3CCN(c4ccccc4)CC3)n2)cc1C. The molecule has 2 aliphatic rings. The summed E-state index contributed by atoms with van der Waals surface area (Å²) >= 11 is 0. The van der Waals surface area contributed by atoms with Crippen LogP contribution in [0.15, 0.2) is 48.5 Å². The Morgan fingerprint density at radius 2 is 1.33 bits per heavy atom. The highest BCUT2D eigenvalue weighted by Gasteiger charge is 2.23. The second kappa shape index (κ2) is 9.62. The molecule has 0 unspecified atom stereocenters. The van der Waals surface area contributed by atoms with Crippen LogP contribution >= 0.6 is 0 Å². The quantitative estimate of drug-likeness (QED) is 0.641. The lowest BCUT2D eigenvalue weighted by atomic mass is 10.1. The minimum atomic E-state index is 0.579. The summed E-state index contributed by atoms with van der Waals surface area (Å²) in [5.41, 5.74) is 4.75. The molecule has 2 fully saturated rings. The maximum absolute atomic E-state index is 5.53. The Bertz CT molecular complexity index is 1080. The Labute approximate surface area is 195 Å². The van der Waals surface area contributed by atoms with Crippen molar-refractivity contribution in [2.75, 3.05) is 72.5 Å². The van der Waals surface area contributed by atoms with Crippen LogP contribution in [0.1, 0.15) is 11.1 Å². The van der Waals surface area contributed by atoms with Gasteiger partial charge in [-0.15, -0.1) is 0 Å². The fourth-order valence-corrected chi connectivity index (χ4v) is 4.21. The summed E-state index contributed by atoms with van der Waals surface area (Å²) in [5, 5.41) is 3.41. The van der Waals surface area contributed by atoms with Crippen LogP contribution in [0, 0.1) is 13.8 Å². The minimum Gasteiger partial charge on any atom is -0.378 e. The monoisotopic (exact) mass is 445 g/mol. The molecule has 0 amide bonds. The van der Waals surface area contributed by atoms with Gasteiger partial charge in [-0.2, -0.15) is 15.0 Å². The van der Waals surface area contributed by atoms with Gasteiger partial charge in [-0.1, -0.05) is 24.3 Å². The van der Waals surface area contributed by atoms with E-state index in [1.54, 1.807) is 0 Å². The van der Waals surface area contributed by atoms with Gasteiger partial charge in [-0.3, -0.25) is 0 Å². The van der Waals surface area contributed by atoms with Crippen LogP contribution < -0.4 is 20.0 Å². The van der Waals surface area contributed by atoms with E-state index in [4.69, 9.17) is 19.7 Å². The van der Waals surface area contributed by atoms with Crippen molar-refractivity contribution in [3.8, 4) is 0 Å². The van der Waals surface area contributed by atoms with E-state index < -0.39 is 0 Å². The van der Waals surface area contributed by atoms with Gasteiger partial charge < -0.3 is 24.8 Å². The third-order valence-corrected chi connectivity index (χ3v) is 6.35. The molecule has 0 saturated carbocycles. The predicted octanol–water partition coefficient (Wildman–Crippen LogP) is 3.40. The molecule has 3 aromatic rings. The number of rotatable bonds is 5. The zero-order chi connectivity index (χ0) is 22.6. The third kappa shape index (κ3) is 5.01. The smallest absolute Gasteiger partial charge is 0.233 e. The lowest BCUT2D eigenvalue weighted by Gasteiger charge is -2.36. The largest absolute Gasteiger partial charge is 0.378 e. The summed E-state index contributed by atoms with van der Waals surface area (Å²) < 4.78 is 5.53. The fourth-order valence-electron chi connectivity index (χ4n) is 4.21. The topological polar surface area (TPSA) is 69.7 Å². The molecule has 8 heteroatoms. The molecule has 172 valence electrons. The second-order valence-electron chi connectivity index (χ2n) is 8.59. The molecule has 2 saturated heterocycles. The van der Waals surface area contributed by atoms with Gasteiger partial charge in [0, 0.05) is 50.6 Å². The first-order valence-electron chi connectivity index (χ1n) is 11.6. The van der Waals surface area contributed by atoms with Crippen molar-refractivity contribution in [1.82, 2.24) is 15.0 Å². The lowest BCUT2D eigenvalue weighted by molar-refractivity contribution is 0.122. The van der Waals surface area contributed by atoms with E-state index in [1.807, 2.05) is 0 Å². The van der Waals surface area contributed by atoms with Gasteiger partial charge in [0.15, 0.2) is 0 Å². The van der Waals surface area contributed by atoms with Crippen LogP contribution in [0.4, 0.5) is 29.2 Å². The molecule has 3 heterocycles. The Morgan fingerprint density at radius 1 is 0.697 bits per heavy atom. The van der Waals surface area contributed by atoms with E-state index in [2.05, 4.69) is 82.4 Å². The molecule has 8 nitrogen and oxygen atoms in total. The lowest BCUT2D eigenvalue weighted by Crippen LogP contribution is -2.47. The molecule has 0 bridgehead atoms. The Morgan fingerprint density at radius 3 is 2.00 bits per heavy atom. The van der Waals surface area contributed by atoms with Gasteiger partial charge >= 0.3 is 0 Å². The van der Waals surface area contributed by atoms with E-state index in [1.165, 1.54) is 16.8 Å². The number of piperazine rings is 1. The van der Waals surface area contributed by atoms with Crippen molar-refractivity contribution in [3.63, 3.8) is 0 Å². The van der Waals surface area contributed by atoms with Crippen LogP contribution in [0.5, 0.6) is 0 Å². The zero-order valence-electron chi connectivity index (χ0n) is 19.4. The molecule has 5 rings (SSSR count). The molecular formula is C25H31N7O. The average molecular weight is 446 g/mol. The molecule has 1 aromatic heterocycles. The van der Waals surface area contributed by atoms with Crippen LogP contribution in [0.25, 0.3) is 0 Å². The number of hydrogen-bond acceptors (Lipinski definition) is 8. The normalized spacial score (nSPS) is 16.7. The molecule has 2 aliphatic heterocycles. The number of para-hydroxylation sites is 1. The Balaban J connectivity index is 1.38. The first-order valence-corrected chi connectivity index (χ1v) is 11.6. The van der Waals surface area contributed by atoms with Gasteiger partial charge in [-0.05, 0) is 49.2 Å². The number of nitrogens with one attached hydrogen (secondary N) is 1. The average Bonchev–Trinajstić information content (AvgIpc) is 2.87. The highest BCUT2D eigenvalue weighted by molar-refractivity contribution is 5.58. The Hall–Kier alpha value is -3.39. The summed E-state index contributed by atoms with van der Waals surface area (Å²) in [7, 11) is 0. The number of aromatic nitrogens is 3. The molecular weight excluding hydrogens is 414 g/mol. The number of anilines is 5. The summed E-state index contributed by atoms with van der Waals surface area (Å²) in [6.07, 6.45) is 0. The van der Waals surface area contributed by atoms with Crippen molar-refractivity contribution in [2.24, 2.45) is 0 Å². The van der Waals surface area contributed by atoms with Crippen LogP contribution in [-0.4, -0.2) is 67.4 Å². The molecule has 0 radical (unpaired) electrons. The summed E-state index contributed by atoms with van der Waals surface area (Å²) in [5.74, 6) is 2.01. The van der Waals surface area contributed by atoms with Gasteiger partial charge in [-0.25, -0.2) is 0 Å². The third-order valence-electron chi connectivity index (χ3n) is 6.35. The van der Waals surface area contributed by atoms with Crippen molar-refractivity contribution in [1.29, 1.82) is 0 Å². The standard InChI is InChI=1S/C25H31N7O/c1-19-8-9-21(18-20(19)2)26-23-27-24(29-25(28-23)32-14-16-33-17-15-32)31-12-10-30(11-13-31)22-6-4-3-5-7-22/h3-9,18H,10-17H2,1-2H3,(H,26,27,28,29). The van der Waals surface area contributed by atoms with Crippen molar-refractivity contribution < 1.29 is 4.74 Å². The van der Waals surface area contributed by atoms with Crippen LogP contribution in [0.3, 0.4) is 0 Å². The van der Waals surface area contributed by atoms with E-state index in [-0.39, 0.29) is 0 Å². The molecule has 2 aromatic carbocycles. The fraction of sp³-hybridized carbons (Fsp3) is 0.400. The summed E-state index contributed by atoms with van der Waals surface area (Å²) in [6, 6.07) is 16.9. The maximum atomic E-state index is 5.53. The van der Waals surface area contributed by atoms with E-state index in [9.17, 15) is 0 Å². The van der Waals surface area contributed by atoms with E-state index in [0.717, 1.165) is 50.9 Å². The maximum Gasteiger partial charge on any atom is 0.233 e. The predicted molar refractivity (Wildman–Crippen MR) is 133 cm³/mol. The number of nitrogens with zero attached hydrogens (tertiary/aromatic N) is 6. The first kappa shape index (κ1) is 21.5. The second-order valence-corrected chi connectivity index (χ2v) is 8.59. The molecule has 0 atom stereocenters. The van der Waals surface area contributed by atoms with Crippen molar-refractivity contribution >= 4 is 29.2 Å².